The summed E-state index contributed by atoms with van der Waals surface area (Å²) in [6.07, 6.45) is 3.49. The molecule has 0 unspecified atom stereocenters. The third-order valence-corrected chi connectivity index (χ3v) is 6.39. The second-order valence-corrected chi connectivity index (χ2v) is 8.20. The fourth-order valence-electron chi connectivity index (χ4n) is 1.94. The number of rotatable bonds is 5. The fraction of sp³-hybridized carbons (Fsp3) is 0.308. The van der Waals surface area contributed by atoms with Gasteiger partial charge in [-0.15, -0.1) is 0 Å². The number of halogens is 2. The molecule has 0 saturated carbocycles. The average Bonchev–Trinajstić information content (AvgIpc) is 2.84. The van der Waals surface area contributed by atoms with Gasteiger partial charge in [-0.1, -0.05) is 22.9 Å². The van der Waals surface area contributed by atoms with Gasteiger partial charge in [0.05, 0.1) is 11.1 Å². The highest BCUT2D eigenvalue weighted by Crippen LogP contribution is 2.28. The van der Waals surface area contributed by atoms with Gasteiger partial charge < -0.3 is 0 Å². The lowest BCUT2D eigenvalue weighted by molar-refractivity contribution is 0.423. The van der Waals surface area contributed by atoms with Gasteiger partial charge in [0.25, 0.3) is 0 Å². The minimum atomic E-state index is -3.57. The van der Waals surface area contributed by atoms with Crippen LogP contribution in [0.1, 0.15) is 12.5 Å². The van der Waals surface area contributed by atoms with Gasteiger partial charge in [-0.25, -0.2) is 8.42 Å². The molecule has 2 aromatic rings. The maximum atomic E-state index is 12.8. The van der Waals surface area contributed by atoms with Crippen molar-refractivity contribution in [3.8, 4) is 0 Å². The van der Waals surface area contributed by atoms with Crippen molar-refractivity contribution in [3.63, 3.8) is 0 Å². The summed E-state index contributed by atoms with van der Waals surface area (Å²) in [5, 5.41) is 4.07. The van der Waals surface area contributed by atoms with E-state index in [1.807, 2.05) is 13.1 Å². The summed E-state index contributed by atoms with van der Waals surface area (Å²) in [6, 6.07) is 5.11. The topological polar surface area (TPSA) is 55.2 Å². The van der Waals surface area contributed by atoms with E-state index in [1.165, 1.54) is 4.31 Å². The zero-order valence-electron chi connectivity index (χ0n) is 11.6. The molecule has 0 N–H and O–H groups in total. The summed E-state index contributed by atoms with van der Waals surface area (Å²) < 4.78 is 30.0. The molecule has 0 radical (unpaired) electrons. The molecule has 2 rings (SSSR count). The van der Waals surface area contributed by atoms with Crippen LogP contribution in [0.4, 0.5) is 0 Å². The summed E-state index contributed by atoms with van der Waals surface area (Å²) in [6.45, 7) is 2.50. The van der Waals surface area contributed by atoms with Crippen LogP contribution in [0, 0.1) is 0 Å². The van der Waals surface area contributed by atoms with E-state index in [0.717, 1.165) is 10.0 Å². The summed E-state index contributed by atoms with van der Waals surface area (Å²) in [4.78, 5) is 0.252. The molecule has 0 atom stereocenters. The predicted octanol–water partition coefficient (Wildman–Crippen LogP) is 3.16. The fourth-order valence-corrected chi connectivity index (χ4v) is 4.84. The highest BCUT2D eigenvalue weighted by atomic mass is 79.9. The molecular weight excluding hydrogens is 422 g/mol. The summed E-state index contributed by atoms with van der Waals surface area (Å²) in [5.41, 5.74) is 0.856. The molecule has 114 valence electrons. The Morgan fingerprint density at radius 1 is 1.33 bits per heavy atom. The standard InChI is InChI=1S/C13H15Br2N3O2S/c1-3-18(9-10-7-16-17(2)8-10)21(19,20)13-6-11(14)4-5-12(13)15/h4-8H,3,9H2,1-2H3. The molecule has 8 heteroatoms. The van der Waals surface area contributed by atoms with Crippen molar-refractivity contribution < 1.29 is 8.42 Å². The van der Waals surface area contributed by atoms with E-state index in [0.29, 0.717) is 17.6 Å². The van der Waals surface area contributed by atoms with E-state index < -0.39 is 10.0 Å². The van der Waals surface area contributed by atoms with Gasteiger partial charge in [0.2, 0.25) is 10.0 Å². The van der Waals surface area contributed by atoms with Crippen LogP contribution in [-0.4, -0.2) is 29.0 Å². The number of hydrogen-bond donors (Lipinski definition) is 0. The van der Waals surface area contributed by atoms with Crippen molar-refractivity contribution in [1.29, 1.82) is 0 Å². The number of hydrogen-bond acceptors (Lipinski definition) is 3. The first kappa shape index (κ1) is 16.7. The minimum absolute atomic E-state index is 0.252. The van der Waals surface area contributed by atoms with Crippen LogP contribution in [0.15, 0.2) is 44.4 Å². The molecule has 0 spiro atoms. The van der Waals surface area contributed by atoms with Crippen LogP contribution in [0.25, 0.3) is 0 Å². The van der Waals surface area contributed by atoms with Crippen LogP contribution in [-0.2, 0) is 23.6 Å². The van der Waals surface area contributed by atoms with Crippen LogP contribution in [0.3, 0.4) is 0 Å². The molecule has 1 aromatic heterocycles. The maximum Gasteiger partial charge on any atom is 0.244 e. The smallest absolute Gasteiger partial charge is 0.244 e. The molecule has 0 fully saturated rings. The number of aromatic nitrogens is 2. The van der Waals surface area contributed by atoms with E-state index >= 15 is 0 Å². The summed E-state index contributed by atoms with van der Waals surface area (Å²) >= 11 is 6.62. The number of benzene rings is 1. The Kier molecular flexibility index (Phi) is 5.24. The van der Waals surface area contributed by atoms with Crippen molar-refractivity contribution in [2.75, 3.05) is 6.54 Å². The predicted molar refractivity (Wildman–Crippen MR) is 88.3 cm³/mol. The van der Waals surface area contributed by atoms with Gasteiger partial charge in [0, 0.05) is 40.8 Å². The van der Waals surface area contributed by atoms with Crippen LogP contribution >= 0.6 is 31.9 Å². The van der Waals surface area contributed by atoms with Crippen LogP contribution in [0.2, 0.25) is 0 Å². The highest BCUT2D eigenvalue weighted by Gasteiger charge is 2.26. The van der Waals surface area contributed by atoms with Crippen molar-refractivity contribution in [2.24, 2.45) is 7.05 Å². The molecule has 21 heavy (non-hydrogen) atoms. The highest BCUT2D eigenvalue weighted by molar-refractivity contribution is 9.11. The van der Waals surface area contributed by atoms with E-state index in [4.69, 9.17) is 0 Å². The summed E-state index contributed by atoms with van der Waals surface area (Å²) in [7, 11) is -1.77. The second-order valence-electron chi connectivity index (χ2n) is 4.53. The molecule has 0 aliphatic carbocycles. The van der Waals surface area contributed by atoms with Gasteiger partial charge in [0.15, 0.2) is 0 Å². The van der Waals surface area contributed by atoms with Crippen molar-refractivity contribution in [2.45, 2.75) is 18.4 Å². The molecule has 1 aromatic carbocycles. The van der Waals surface area contributed by atoms with Crippen LogP contribution in [0.5, 0.6) is 0 Å². The molecular formula is C13H15Br2N3O2S. The molecule has 5 nitrogen and oxygen atoms in total. The zero-order chi connectivity index (χ0) is 15.6. The zero-order valence-corrected chi connectivity index (χ0v) is 15.6. The Hall–Kier alpha value is -0.700. The Labute approximate surface area is 141 Å². The van der Waals surface area contributed by atoms with Gasteiger partial charge in [0.1, 0.15) is 0 Å². The number of sulfonamides is 1. The van der Waals surface area contributed by atoms with Gasteiger partial charge in [-0.2, -0.15) is 9.40 Å². The first-order chi connectivity index (χ1) is 9.84. The lowest BCUT2D eigenvalue weighted by Gasteiger charge is -2.20. The minimum Gasteiger partial charge on any atom is -0.275 e. The largest absolute Gasteiger partial charge is 0.275 e. The number of aryl methyl sites for hydroxylation is 1. The lowest BCUT2D eigenvalue weighted by Crippen LogP contribution is -2.30. The maximum absolute atomic E-state index is 12.8. The van der Waals surface area contributed by atoms with Crippen molar-refractivity contribution in [1.82, 2.24) is 14.1 Å². The third-order valence-electron chi connectivity index (χ3n) is 2.98. The molecule has 0 aliphatic heterocycles. The Morgan fingerprint density at radius 3 is 2.62 bits per heavy atom. The lowest BCUT2D eigenvalue weighted by atomic mass is 10.3. The van der Waals surface area contributed by atoms with Crippen LogP contribution < -0.4 is 0 Å². The van der Waals surface area contributed by atoms with E-state index in [1.54, 1.807) is 36.1 Å². The van der Waals surface area contributed by atoms with Crippen molar-refractivity contribution >= 4 is 41.9 Å². The van der Waals surface area contributed by atoms with E-state index in [2.05, 4.69) is 37.0 Å². The molecule has 0 amide bonds. The van der Waals surface area contributed by atoms with Gasteiger partial charge >= 0.3 is 0 Å². The Morgan fingerprint density at radius 2 is 2.05 bits per heavy atom. The molecule has 0 bridgehead atoms. The SMILES string of the molecule is CCN(Cc1cnn(C)c1)S(=O)(=O)c1cc(Br)ccc1Br. The van der Waals surface area contributed by atoms with Crippen molar-refractivity contribution in [3.05, 3.63) is 45.1 Å². The average molecular weight is 437 g/mol. The van der Waals surface area contributed by atoms with E-state index in [-0.39, 0.29) is 4.90 Å². The Bertz CT molecular complexity index is 744. The van der Waals surface area contributed by atoms with Gasteiger partial charge in [-0.3, -0.25) is 4.68 Å². The first-order valence-corrected chi connectivity index (χ1v) is 9.30. The third kappa shape index (κ3) is 3.74. The normalized spacial score (nSPS) is 12.0. The second kappa shape index (κ2) is 6.60. The number of nitrogens with zero attached hydrogens (tertiary/aromatic N) is 3. The molecule has 0 saturated heterocycles. The van der Waals surface area contributed by atoms with E-state index in [9.17, 15) is 8.42 Å². The quantitative estimate of drug-likeness (QED) is 0.723. The molecule has 0 aliphatic rings. The summed E-state index contributed by atoms with van der Waals surface area (Å²) in [5.74, 6) is 0. The molecule has 1 heterocycles. The first-order valence-electron chi connectivity index (χ1n) is 6.27. The monoisotopic (exact) mass is 435 g/mol. The van der Waals surface area contributed by atoms with Gasteiger partial charge in [-0.05, 0) is 34.1 Å². The Balaban J connectivity index is 2.37.